The van der Waals surface area contributed by atoms with Crippen LogP contribution < -0.4 is 16.8 Å². The molecule has 3 heterocycles. The molecule has 0 aromatic heterocycles. The Morgan fingerprint density at radius 3 is 2.36 bits per heavy atom. The van der Waals surface area contributed by atoms with Crippen molar-refractivity contribution < 1.29 is 51.2 Å². The normalized spacial score (nSPS) is 31.2. The summed E-state index contributed by atoms with van der Waals surface area (Å²) in [5.74, 6) is -5.60. The molecule has 1 spiro atoms. The van der Waals surface area contributed by atoms with Crippen LogP contribution in [0.5, 0.6) is 0 Å². The second-order valence-corrected chi connectivity index (χ2v) is 8.51. The summed E-state index contributed by atoms with van der Waals surface area (Å²) in [5.41, 5.74) is 4.65. The number of esters is 1. The first-order valence-electron chi connectivity index (χ1n) is 10.3. The van der Waals surface area contributed by atoms with Crippen molar-refractivity contribution in [2.24, 2.45) is 21.5 Å². The zero-order valence-corrected chi connectivity index (χ0v) is 18.2. The van der Waals surface area contributed by atoms with E-state index in [0.29, 0.717) is 0 Å². The van der Waals surface area contributed by atoms with Crippen molar-refractivity contribution in [1.82, 2.24) is 10.2 Å². The van der Waals surface area contributed by atoms with Gasteiger partial charge in [-0.05, 0) is 25.1 Å². The Morgan fingerprint density at radius 2 is 1.81 bits per heavy atom. The van der Waals surface area contributed by atoms with Crippen molar-refractivity contribution in [2.75, 3.05) is 6.61 Å². The number of carbonyl (C=O) groups is 1. The van der Waals surface area contributed by atoms with E-state index < -0.39 is 77.3 Å². The lowest BCUT2D eigenvalue weighted by Crippen LogP contribution is -2.77. The van der Waals surface area contributed by atoms with Gasteiger partial charge in [0.2, 0.25) is 5.79 Å². The summed E-state index contributed by atoms with van der Waals surface area (Å²) in [6.07, 6.45) is -12.5. The number of halogens is 6. The summed E-state index contributed by atoms with van der Waals surface area (Å²) in [5, 5.41) is 34.6. The standard InChI is InChI=1S/C19H20F6N6O5/c1-6-12(36-13(33)8-3-2-7(18(20,21)22)4-9(8)19(23,24)25)17(34,35)16-11(29-14(26)30-16)10(5-32)28-15(27)31(6)16/h2-4,6,10-12,32,34-35H,5H2,1H3,(H2,27,28)(H3,26,29,30)/t6-,10-,11-,12-,16-/m0/s1. The lowest BCUT2D eigenvalue weighted by molar-refractivity contribution is -0.257. The summed E-state index contributed by atoms with van der Waals surface area (Å²) in [6, 6.07) is -3.38. The monoisotopic (exact) mass is 526 g/mol. The molecular weight excluding hydrogens is 506 g/mol. The molecule has 4 rings (SSSR count). The van der Waals surface area contributed by atoms with E-state index in [2.05, 4.69) is 15.3 Å². The fourth-order valence-electron chi connectivity index (χ4n) is 4.93. The summed E-state index contributed by atoms with van der Waals surface area (Å²) in [6.45, 7) is 0.620. The van der Waals surface area contributed by atoms with Crippen LogP contribution in [0.1, 0.15) is 28.4 Å². The van der Waals surface area contributed by atoms with Crippen LogP contribution in [0.3, 0.4) is 0 Å². The highest BCUT2D eigenvalue weighted by molar-refractivity contribution is 5.92. The minimum Gasteiger partial charge on any atom is -0.451 e. The number of nitrogens with zero attached hydrogens (tertiary/aromatic N) is 3. The number of hydrogen-bond acceptors (Lipinski definition) is 11. The number of guanidine groups is 2. The Bertz CT molecular complexity index is 1150. The molecule has 0 radical (unpaired) electrons. The third kappa shape index (κ3) is 3.52. The fraction of sp³-hybridized carbons (Fsp3) is 0.526. The van der Waals surface area contributed by atoms with Gasteiger partial charge in [0.1, 0.15) is 12.1 Å². The Labute approximate surface area is 198 Å². The van der Waals surface area contributed by atoms with Gasteiger partial charge < -0.3 is 41.7 Å². The number of hydrogen-bond donors (Lipinski definition) is 6. The second-order valence-electron chi connectivity index (χ2n) is 8.51. The average Bonchev–Trinajstić information content (AvgIpc) is 3.19. The lowest BCUT2D eigenvalue weighted by Gasteiger charge is -2.48. The maximum Gasteiger partial charge on any atom is 0.417 e. The average molecular weight is 526 g/mol. The van der Waals surface area contributed by atoms with Gasteiger partial charge in [0.25, 0.3) is 0 Å². The molecule has 0 saturated carbocycles. The van der Waals surface area contributed by atoms with Crippen LogP contribution in [0.2, 0.25) is 0 Å². The van der Waals surface area contributed by atoms with Crippen molar-refractivity contribution in [2.45, 2.75) is 55.0 Å². The second kappa shape index (κ2) is 7.84. The van der Waals surface area contributed by atoms with Crippen LogP contribution in [-0.2, 0) is 17.1 Å². The number of aliphatic hydroxyl groups is 3. The molecule has 1 aromatic rings. The van der Waals surface area contributed by atoms with E-state index in [1.165, 1.54) is 6.92 Å². The number of aliphatic hydroxyl groups excluding tert-OH is 1. The highest BCUT2D eigenvalue weighted by Gasteiger charge is 2.76. The fourth-order valence-corrected chi connectivity index (χ4v) is 4.93. The van der Waals surface area contributed by atoms with Crippen LogP contribution in [-0.4, -0.2) is 80.4 Å². The molecule has 0 amide bonds. The van der Waals surface area contributed by atoms with Crippen molar-refractivity contribution in [3.05, 3.63) is 34.9 Å². The van der Waals surface area contributed by atoms with Crippen molar-refractivity contribution in [3.8, 4) is 0 Å². The number of ether oxygens (including phenoxy) is 1. The van der Waals surface area contributed by atoms with Crippen molar-refractivity contribution >= 4 is 17.9 Å². The number of benzene rings is 1. The third-order valence-electron chi connectivity index (χ3n) is 6.41. The first-order chi connectivity index (χ1) is 16.5. The van der Waals surface area contributed by atoms with Crippen LogP contribution >= 0.6 is 0 Å². The lowest BCUT2D eigenvalue weighted by atomic mass is 9.86. The maximum atomic E-state index is 13.5. The van der Waals surface area contributed by atoms with E-state index in [1.807, 2.05) is 0 Å². The van der Waals surface area contributed by atoms with Gasteiger partial charge in [0, 0.05) is 0 Å². The predicted octanol–water partition coefficient (Wildman–Crippen LogP) is -0.693. The van der Waals surface area contributed by atoms with E-state index in [-0.39, 0.29) is 30.1 Å². The number of nitrogens with two attached hydrogens (primary N) is 2. The molecule has 5 atom stereocenters. The molecule has 1 fully saturated rings. The number of aliphatic imine (C=N–C) groups is 2. The SMILES string of the molecule is C[C@H]1[C@H](OC(=O)c2ccc(C(F)(F)F)cc2C(F)(F)F)C(O)(O)[C@]23NC(N)=N[C@H]2[C@H](CO)N=C(N)N13. The van der Waals surface area contributed by atoms with Gasteiger partial charge >= 0.3 is 18.3 Å². The van der Waals surface area contributed by atoms with Crippen LogP contribution in [0, 0.1) is 0 Å². The first kappa shape index (κ1) is 25.8. The minimum absolute atomic E-state index is 0.249. The molecule has 3 aliphatic heterocycles. The van der Waals surface area contributed by atoms with E-state index in [1.54, 1.807) is 0 Å². The maximum absolute atomic E-state index is 13.5. The molecule has 0 bridgehead atoms. The van der Waals surface area contributed by atoms with Gasteiger partial charge in [-0.15, -0.1) is 0 Å². The van der Waals surface area contributed by atoms with Crippen molar-refractivity contribution in [3.63, 3.8) is 0 Å². The van der Waals surface area contributed by atoms with E-state index in [4.69, 9.17) is 16.2 Å². The van der Waals surface area contributed by atoms with E-state index >= 15 is 0 Å². The molecule has 198 valence electrons. The molecule has 8 N–H and O–H groups in total. The molecule has 1 saturated heterocycles. The summed E-state index contributed by atoms with van der Waals surface area (Å²) in [4.78, 5) is 21.9. The zero-order valence-electron chi connectivity index (χ0n) is 18.2. The number of alkyl halides is 6. The van der Waals surface area contributed by atoms with E-state index in [9.17, 15) is 46.5 Å². The Kier molecular flexibility index (Phi) is 5.62. The molecule has 3 aliphatic rings. The molecule has 0 aliphatic carbocycles. The molecule has 1 aromatic carbocycles. The Hall–Kier alpha value is -3.31. The highest BCUT2D eigenvalue weighted by atomic mass is 19.4. The van der Waals surface area contributed by atoms with Gasteiger partial charge in [-0.25, -0.2) is 14.8 Å². The summed E-state index contributed by atoms with van der Waals surface area (Å²) >= 11 is 0. The molecule has 17 heteroatoms. The first-order valence-corrected chi connectivity index (χ1v) is 10.3. The van der Waals surface area contributed by atoms with Gasteiger partial charge in [-0.3, -0.25) is 0 Å². The zero-order chi connectivity index (χ0) is 27.0. The number of rotatable bonds is 3. The van der Waals surface area contributed by atoms with Crippen molar-refractivity contribution in [1.29, 1.82) is 0 Å². The Morgan fingerprint density at radius 1 is 1.17 bits per heavy atom. The van der Waals surface area contributed by atoms with Gasteiger partial charge in [-0.2, -0.15) is 26.3 Å². The Balaban J connectivity index is 1.75. The molecule has 0 unspecified atom stereocenters. The third-order valence-corrected chi connectivity index (χ3v) is 6.41. The van der Waals surface area contributed by atoms with Gasteiger partial charge in [0.05, 0.1) is 29.3 Å². The highest BCUT2D eigenvalue weighted by Crippen LogP contribution is 2.49. The van der Waals surface area contributed by atoms with Gasteiger partial charge in [0.15, 0.2) is 23.7 Å². The smallest absolute Gasteiger partial charge is 0.417 e. The van der Waals surface area contributed by atoms with Crippen LogP contribution in [0.25, 0.3) is 0 Å². The van der Waals surface area contributed by atoms with Gasteiger partial charge in [-0.1, -0.05) is 0 Å². The molecule has 11 nitrogen and oxygen atoms in total. The summed E-state index contributed by atoms with van der Waals surface area (Å²) in [7, 11) is 0. The van der Waals surface area contributed by atoms with Crippen LogP contribution in [0.15, 0.2) is 28.2 Å². The predicted molar refractivity (Wildman–Crippen MR) is 108 cm³/mol. The quantitative estimate of drug-likeness (QED) is 0.169. The van der Waals surface area contributed by atoms with Crippen LogP contribution in [0.4, 0.5) is 26.3 Å². The largest absolute Gasteiger partial charge is 0.451 e. The topological polar surface area (TPSA) is 179 Å². The summed E-state index contributed by atoms with van der Waals surface area (Å²) < 4.78 is 84.6. The minimum atomic E-state index is -5.38. The molecule has 36 heavy (non-hydrogen) atoms. The number of nitrogens with one attached hydrogen (secondary N) is 1. The molecular formula is C19H20F6N6O5. The number of carbonyl (C=O) groups excluding carboxylic acids is 1. The van der Waals surface area contributed by atoms with E-state index in [0.717, 1.165) is 4.90 Å².